The van der Waals surface area contributed by atoms with Crippen LogP contribution in [0.1, 0.15) is 16.7 Å². The number of nitrogens with one attached hydrogen (secondary N) is 1. The van der Waals surface area contributed by atoms with Gasteiger partial charge in [0.25, 0.3) is 0 Å². The summed E-state index contributed by atoms with van der Waals surface area (Å²) in [5.41, 5.74) is 9.21. The Kier molecular flexibility index (Phi) is 3.39. The number of nitrogens with two attached hydrogens (primary N) is 1. The van der Waals surface area contributed by atoms with Crippen molar-refractivity contribution in [1.82, 2.24) is 0 Å². The molecular formula is C15H15N3O2S. The van der Waals surface area contributed by atoms with Crippen LogP contribution in [0.25, 0.3) is 0 Å². The molecule has 2 aromatic carbocycles. The van der Waals surface area contributed by atoms with Crippen molar-refractivity contribution in [1.29, 1.82) is 0 Å². The molecule has 0 fully saturated rings. The van der Waals surface area contributed by atoms with Crippen LogP contribution in [0.4, 0.5) is 5.69 Å². The zero-order valence-corrected chi connectivity index (χ0v) is 12.1. The van der Waals surface area contributed by atoms with Gasteiger partial charge in [0.1, 0.15) is 5.84 Å². The second-order valence-corrected chi connectivity index (χ2v) is 6.22. The van der Waals surface area contributed by atoms with Gasteiger partial charge in [-0.3, -0.25) is 4.72 Å². The molecule has 0 bridgehead atoms. The maximum absolute atomic E-state index is 11.5. The average Bonchev–Trinajstić information content (AvgIpc) is 2.44. The van der Waals surface area contributed by atoms with Crippen LogP contribution < -0.4 is 10.5 Å². The van der Waals surface area contributed by atoms with Gasteiger partial charge >= 0.3 is 10.2 Å². The van der Waals surface area contributed by atoms with Gasteiger partial charge in [-0.05, 0) is 30.0 Å². The fourth-order valence-electron chi connectivity index (χ4n) is 2.46. The van der Waals surface area contributed by atoms with Crippen molar-refractivity contribution in [3.63, 3.8) is 0 Å². The predicted octanol–water partition coefficient (Wildman–Crippen LogP) is 1.85. The van der Waals surface area contributed by atoms with Gasteiger partial charge in [0.05, 0.1) is 5.69 Å². The molecule has 1 aliphatic rings. The largest absolute Gasteiger partial charge is 0.382 e. The van der Waals surface area contributed by atoms with E-state index in [1.807, 2.05) is 30.3 Å². The summed E-state index contributed by atoms with van der Waals surface area (Å²) in [6.45, 7) is 0. The Hall–Kier alpha value is -2.34. The molecule has 3 rings (SSSR count). The van der Waals surface area contributed by atoms with Crippen LogP contribution in [-0.4, -0.2) is 14.3 Å². The molecule has 0 atom stereocenters. The Morgan fingerprint density at radius 3 is 2.52 bits per heavy atom. The fraction of sp³-hybridized carbons (Fsp3) is 0.133. The van der Waals surface area contributed by atoms with Crippen molar-refractivity contribution < 1.29 is 8.42 Å². The molecular weight excluding hydrogens is 286 g/mol. The highest BCUT2D eigenvalue weighted by Crippen LogP contribution is 2.26. The molecule has 0 amide bonds. The van der Waals surface area contributed by atoms with Crippen molar-refractivity contribution >= 4 is 21.7 Å². The first-order chi connectivity index (χ1) is 10.1. The molecule has 6 heteroatoms. The van der Waals surface area contributed by atoms with Gasteiger partial charge < -0.3 is 5.73 Å². The molecule has 5 nitrogen and oxygen atoms in total. The summed E-state index contributed by atoms with van der Waals surface area (Å²) in [6, 6.07) is 15.6. The molecule has 1 aliphatic heterocycles. The van der Waals surface area contributed by atoms with Gasteiger partial charge in [-0.15, -0.1) is 4.40 Å². The Bertz CT molecular complexity index is 799. The van der Waals surface area contributed by atoms with E-state index < -0.39 is 10.2 Å². The van der Waals surface area contributed by atoms with Crippen LogP contribution in [0.3, 0.4) is 0 Å². The molecule has 2 aromatic rings. The molecule has 0 aromatic heterocycles. The van der Waals surface area contributed by atoms with Crippen LogP contribution in [0.5, 0.6) is 0 Å². The minimum atomic E-state index is -3.72. The van der Waals surface area contributed by atoms with Crippen LogP contribution in [0, 0.1) is 0 Å². The zero-order valence-electron chi connectivity index (χ0n) is 11.3. The Morgan fingerprint density at radius 1 is 1.00 bits per heavy atom. The van der Waals surface area contributed by atoms with E-state index in [-0.39, 0.29) is 5.84 Å². The first-order valence-electron chi connectivity index (χ1n) is 6.59. The van der Waals surface area contributed by atoms with Crippen molar-refractivity contribution in [2.45, 2.75) is 12.8 Å². The van der Waals surface area contributed by atoms with Crippen molar-refractivity contribution in [3.8, 4) is 0 Å². The summed E-state index contributed by atoms with van der Waals surface area (Å²) in [7, 11) is -3.72. The van der Waals surface area contributed by atoms with Gasteiger partial charge in [0, 0.05) is 5.56 Å². The summed E-state index contributed by atoms with van der Waals surface area (Å²) < 4.78 is 29.0. The topological polar surface area (TPSA) is 84.5 Å². The zero-order chi connectivity index (χ0) is 14.9. The Morgan fingerprint density at radius 2 is 1.76 bits per heavy atom. The van der Waals surface area contributed by atoms with Crippen LogP contribution in [-0.2, 0) is 23.1 Å². The maximum atomic E-state index is 11.5. The number of anilines is 1. The second kappa shape index (κ2) is 5.21. The van der Waals surface area contributed by atoms with E-state index >= 15 is 0 Å². The third kappa shape index (κ3) is 2.90. The van der Waals surface area contributed by atoms with E-state index in [1.165, 1.54) is 5.56 Å². The first-order valence-corrected chi connectivity index (χ1v) is 8.03. The van der Waals surface area contributed by atoms with E-state index in [9.17, 15) is 8.42 Å². The fourth-order valence-corrected chi connectivity index (χ4v) is 3.30. The lowest BCUT2D eigenvalue weighted by molar-refractivity contribution is 0.602. The van der Waals surface area contributed by atoms with Gasteiger partial charge in [-0.2, -0.15) is 8.42 Å². The third-order valence-corrected chi connectivity index (χ3v) is 4.31. The summed E-state index contributed by atoms with van der Waals surface area (Å²) >= 11 is 0. The average molecular weight is 301 g/mol. The molecule has 0 saturated heterocycles. The number of nitrogens with zero attached hydrogens (tertiary/aromatic N) is 1. The number of rotatable bonds is 3. The standard InChI is InChI=1S/C15H15N3O2S/c16-15-14-12(10-9-11-5-2-1-3-6-11)7-4-8-13(14)17-21(19,20)18-15/h1-8,17H,9-10H2,(H2,16,18). The number of aryl methyl sites for hydroxylation is 2. The van der Waals surface area contributed by atoms with Crippen LogP contribution >= 0.6 is 0 Å². The highest BCUT2D eigenvalue weighted by Gasteiger charge is 2.23. The molecule has 0 saturated carbocycles. The van der Waals surface area contributed by atoms with Gasteiger partial charge in [0.15, 0.2) is 0 Å². The second-order valence-electron chi connectivity index (χ2n) is 4.88. The smallest absolute Gasteiger partial charge is 0.344 e. The van der Waals surface area contributed by atoms with Gasteiger partial charge in [0.2, 0.25) is 0 Å². The minimum absolute atomic E-state index is 0.0485. The van der Waals surface area contributed by atoms with Crippen LogP contribution in [0.2, 0.25) is 0 Å². The molecule has 0 spiro atoms. The van der Waals surface area contributed by atoms with Crippen molar-refractivity contribution in [2.75, 3.05) is 4.72 Å². The number of fused-ring (bicyclic) bond motifs is 1. The minimum Gasteiger partial charge on any atom is -0.382 e. The SMILES string of the molecule is NC1=NS(=O)(=O)Nc2cccc(CCc3ccccc3)c21. The molecule has 3 N–H and O–H groups in total. The Balaban J connectivity index is 1.92. The predicted molar refractivity (Wildman–Crippen MR) is 83.6 cm³/mol. The maximum Gasteiger partial charge on any atom is 0.344 e. The summed E-state index contributed by atoms with van der Waals surface area (Å²) in [4.78, 5) is 0. The normalized spacial score (nSPS) is 15.7. The monoisotopic (exact) mass is 301 g/mol. The van der Waals surface area contributed by atoms with E-state index in [0.717, 1.165) is 18.4 Å². The molecule has 0 radical (unpaired) electrons. The summed E-state index contributed by atoms with van der Waals surface area (Å²) in [5.74, 6) is 0.0485. The number of amidine groups is 1. The quantitative estimate of drug-likeness (QED) is 0.907. The van der Waals surface area contributed by atoms with E-state index in [2.05, 4.69) is 21.3 Å². The van der Waals surface area contributed by atoms with Crippen LogP contribution in [0.15, 0.2) is 52.9 Å². The first kappa shape index (κ1) is 13.6. The van der Waals surface area contributed by atoms with Crippen molar-refractivity contribution in [2.24, 2.45) is 10.1 Å². The van der Waals surface area contributed by atoms with Gasteiger partial charge in [-0.1, -0.05) is 42.5 Å². The highest BCUT2D eigenvalue weighted by molar-refractivity contribution is 7.91. The van der Waals surface area contributed by atoms with E-state index in [1.54, 1.807) is 6.07 Å². The highest BCUT2D eigenvalue weighted by atomic mass is 32.2. The van der Waals surface area contributed by atoms with E-state index in [4.69, 9.17) is 5.73 Å². The molecule has 1 heterocycles. The molecule has 21 heavy (non-hydrogen) atoms. The molecule has 0 aliphatic carbocycles. The molecule has 108 valence electrons. The number of hydrogen-bond acceptors (Lipinski definition) is 3. The summed E-state index contributed by atoms with van der Waals surface area (Å²) in [6.07, 6.45) is 1.63. The lowest BCUT2D eigenvalue weighted by Crippen LogP contribution is -2.27. The van der Waals surface area contributed by atoms with Gasteiger partial charge in [-0.25, -0.2) is 0 Å². The lowest BCUT2D eigenvalue weighted by atomic mass is 9.98. The number of benzene rings is 2. The summed E-state index contributed by atoms with van der Waals surface area (Å²) in [5, 5.41) is 0. The lowest BCUT2D eigenvalue weighted by Gasteiger charge is -2.18. The number of hydrogen-bond donors (Lipinski definition) is 2. The molecule has 0 unspecified atom stereocenters. The Labute approximate surface area is 123 Å². The van der Waals surface area contributed by atoms with E-state index in [0.29, 0.717) is 11.3 Å². The third-order valence-electron chi connectivity index (χ3n) is 3.39. The van der Waals surface area contributed by atoms with Crippen molar-refractivity contribution in [3.05, 3.63) is 65.2 Å².